The van der Waals surface area contributed by atoms with Crippen LogP contribution in [0.5, 0.6) is 0 Å². The topological polar surface area (TPSA) is 74.7 Å². The first-order chi connectivity index (χ1) is 9.34. The minimum atomic E-state index is -0.975. The molecule has 1 amide bonds. The van der Waals surface area contributed by atoms with Gasteiger partial charge in [0.15, 0.2) is 5.12 Å². The van der Waals surface area contributed by atoms with Gasteiger partial charge in [-0.1, -0.05) is 31.5 Å². The van der Waals surface area contributed by atoms with Gasteiger partial charge in [0.2, 0.25) is 5.91 Å². The fraction of sp³-hybridized carbons (Fsp3) is 0.786. The van der Waals surface area contributed by atoms with Crippen molar-refractivity contribution in [3.8, 4) is 0 Å². The Balaban J connectivity index is 2.77. The molecular formula is C14H23NO4S. The first kappa shape index (κ1) is 17.0. The highest BCUT2D eigenvalue weighted by Crippen LogP contribution is 2.27. The first-order valence-electron chi connectivity index (χ1n) is 7.03. The van der Waals surface area contributed by atoms with E-state index in [1.54, 1.807) is 13.8 Å². The number of rotatable bonds is 6. The summed E-state index contributed by atoms with van der Waals surface area (Å²) in [7, 11) is 0. The lowest BCUT2D eigenvalue weighted by atomic mass is 10.1. The Morgan fingerprint density at radius 3 is 2.25 bits per heavy atom. The van der Waals surface area contributed by atoms with E-state index < -0.39 is 12.0 Å². The van der Waals surface area contributed by atoms with Crippen molar-refractivity contribution >= 4 is 28.8 Å². The van der Waals surface area contributed by atoms with E-state index in [1.807, 2.05) is 0 Å². The Bertz CT molecular complexity index is 379. The van der Waals surface area contributed by atoms with Crippen molar-refractivity contribution in [2.24, 2.45) is 5.92 Å². The third-order valence-corrected chi connectivity index (χ3v) is 4.78. The van der Waals surface area contributed by atoms with Gasteiger partial charge in [0.25, 0.3) is 0 Å². The monoisotopic (exact) mass is 301 g/mol. The Morgan fingerprint density at radius 1 is 1.25 bits per heavy atom. The number of hydrogen-bond donors (Lipinski definition) is 1. The van der Waals surface area contributed by atoms with Crippen LogP contribution in [0.1, 0.15) is 46.5 Å². The van der Waals surface area contributed by atoms with Crippen molar-refractivity contribution in [3.05, 3.63) is 0 Å². The van der Waals surface area contributed by atoms with E-state index in [1.165, 1.54) is 11.8 Å². The van der Waals surface area contributed by atoms with E-state index in [2.05, 4.69) is 0 Å². The van der Waals surface area contributed by atoms with E-state index in [9.17, 15) is 19.5 Å². The third-order valence-electron chi connectivity index (χ3n) is 3.71. The van der Waals surface area contributed by atoms with Crippen LogP contribution in [0, 0.1) is 5.92 Å². The molecule has 2 atom stereocenters. The molecule has 0 aliphatic heterocycles. The summed E-state index contributed by atoms with van der Waals surface area (Å²) in [6.45, 7) is 4.79. The molecule has 0 saturated heterocycles. The van der Waals surface area contributed by atoms with E-state index >= 15 is 0 Å². The molecule has 0 aromatic heterocycles. The largest absolute Gasteiger partial charge is 0.480 e. The Kier molecular flexibility index (Phi) is 6.52. The Labute approximate surface area is 124 Å². The summed E-state index contributed by atoms with van der Waals surface area (Å²) in [5.74, 6) is -1.06. The zero-order chi connectivity index (χ0) is 15.3. The normalized spacial score (nSPS) is 18.6. The van der Waals surface area contributed by atoms with Gasteiger partial charge in [0.05, 0.1) is 0 Å². The number of carbonyl (C=O) groups excluding carboxylic acids is 2. The molecule has 20 heavy (non-hydrogen) atoms. The first-order valence-corrected chi connectivity index (χ1v) is 8.01. The maximum atomic E-state index is 12.5. The van der Waals surface area contributed by atoms with Gasteiger partial charge in [-0.05, 0) is 19.8 Å². The van der Waals surface area contributed by atoms with Crippen molar-refractivity contribution < 1.29 is 19.5 Å². The van der Waals surface area contributed by atoms with Crippen LogP contribution in [0.25, 0.3) is 0 Å². The predicted molar refractivity (Wildman–Crippen MR) is 78.5 cm³/mol. The molecule has 0 radical (unpaired) electrons. The summed E-state index contributed by atoms with van der Waals surface area (Å²) in [4.78, 5) is 36.3. The number of aliphatic carboxylic acids is 1. The maximum Gasteiger partial charge on any atom is 0.326 e. The highest BCUT2D eigenvalue weighted by atomic mass is 32.2. The summed E-state index contributed by atoms with van der Waals surface area (Å²) < 4.78 is 0. The SMILES string of the molecule is CC(=O)SCC(C)C(=O)N(C1CCCC1)C(C)C(=O)O. The Hall–Kier alpha value is -1.04. The average molecular weight is 301 g/mol. The van der Waals surface area contributed by atoms with E-state index in [0.29, 0.717) is 5.75 Å². The zero-order valence-corrected chi connectivity index (χ0v) is 13.1. The second kappa shape index (κ2) is 7.67. The van der Waals surface area contributed by atoms with Crippen LogP contribution in [-0.2, 0) is 14.4 Å². The lowest BCUT2D eigenvalue weighted by molar-refractivity contribution is -0.153. The summed E-state index contributed by atoms with van der Waals surface area (Å²) in [6, 6.07) is -0.784. The molecule has 0 spiro atoms. The minimum absolute atomic E-state index is 0.0247. The van der Waals surface area contributed by atoms with Crippen LogP contribution in [0.2, 0.25) is 0 Å². The number of nitrogens with zero attached hydrogens (tertiary/aromatic N) is 1. The van der Waals surface area contributed by atoms with Crippen LogP contribution < -0.4 is 0 Å². The van der Waals surface area contributed by atoms with Crippen LogP contribution in [-0.4, -0.2) is 44.8 Å². The molecule has 1 rings (SSSR count). The number of amides is 1. The number of carboxylic acids is 1. The molecule has 1 fully saturated rings. The van der Waals surface area contributed by atoms with Crippen LogP contribution in [0.15, 0.2) is 0 Å². The zero-order valence-electron chi connectivity index (χ0n) is 12.3. The van der Waals surface area contributed by atoms with Gasteiger partial charge in [-0.15, -0.1) is 0 Å². The molecule has 2 unspecified atom stereocenters. The highest BCUT2D eigenvalue weighted by Gasteiger charge is 2.35. The number of thioether (sulfide) groups is 1. The van der Waals surface area contributed by atoms with Crippen molar-refractivity contribution in [3.63, 3.8) is 0 Å². The van der Waals surface area contributed by atoms with E-state index in [-0.39, 0.29) is 23.0 Å². The van der Waals surface area contributed by atoms with Crippen molar-refractivity contribution in [1.82, 2.24) is 4.90 Å². The molecule has 6 heteroatoms. The van der Waals surface area contributed by atoms with Gasteiger partial charge in [-0.2, -0.15) is 0 Å². The van der Waals surface area contributed by atoms with Gasteiger partial charge in [0, 0.05) is 24.6 Å². The molecular weight excluding hydrogens is 278 g/mol. The van der Waals surface area contributed by atoms with Crippen LogP contribution >= 0.6 is 11.8 Å². The summed E-state index contributed by atoms with van der Waals surface area (Å²) >= 11 is 1.11. The molecule has 1 saturated carbocycles. The molecule has 1 N–H and O–H groups in total. The second-order valence-electron chi connectivity index (χ2n) is 5.40. The summed E-state index contributed by atoms with van der Waals surface area (Å²) in [6.07, 6.45) is 3.82. The molecule has 0 heterocycles. The lowest BCUT2D eigenvalue weighted by Gasteiger charge is -2.34. The van der Waals surface area contributed by atoms with Crippen molar-refractivity contribution in [1.29, 1.82) is 0 Å². The average Bonchev–Trinajstić information content (AvgIpc) is 2.89. The fourth-order valence-corrected chi connectivity index (χ4v) is 3.18. The van der Waals surface area contributed by atoms with Crippen molar-refractivity contribution in [2.75, 3.05) is 5.75 Å². The number of carboxylic acid groups (broad SMARTS) is 1. The molecule has 1 aliphatic rings. The summed E-state index contributed by atoms with van der Waals surface area (Å²) in [5, 5.41) is 9.18. The van der Waals surface area contributed by atoms with Crippen molar-refractivity contribution in [2.45, 2.75) is 58.5 Å². The lowest BCUT2D eigenvalue weighted by Crippen LogP contribution is -2.50. The number of carbonyl (C=O) groups is 3. The Morgan fingerprint density at radius 2 is 1.80 bits per heavy atom. The fourth-order valence-electron chi connectivity index (χ4n) is 2.56. The van der Waals surface area contributed by atoms with E-state index in [0.717, 1.165) is 37.4 Å². The van der Waals surface area contributed by atoms with Gasteiger partial charge in [0.1, 0.15) is 6.04 Å². The summed E-state index contributed by atoms with van der Waals surface area (Å²) in [5.41, 5.74) is 0. The molecule has 114 valence electrons. The third kappa shape index (κ3) is 4.51. The highest BCUT2D eigenvalue weighted by molar-refractivity contribution is 8.13. The second-order valence-corrected chi connectivity index (χ2v) is 6.60. The van der Waals surface area contributed by atoms with Gasteiger partial charge in [-0.3, -0.25) is 9.59 Å². The standard InChI is InChI=1S/C14H23NO4S/c1-9(8-20-11(3)16)13(17)15(10(2)14(18)19)12-6-4-5-7-12/h9-10,12H,4-8H2,1-3H3,(H,18,19). The molecule has 1 aliphatic carbocycles. The van der Waals surface area contributed by atoms with Gasteiger partial charge in [-0.25, -0.2) is 4.79 Å². The van der Waals surface area contributed by atoms with Gasteiger partial charge < -0.3 is 10.0 Å². The predicted octanol–water partition coefficient (Wildman–Crippen LogP) is 2.15. The van der Waals surface area contributed by atoms with Gasteiger partial charge >= 0.3 is 5.97 Å². The molecule has 0 aromatic carbocycles. The van der Waals surface area contributed by atoms with Crippen LogP contribution in [0.3, 0.4) is 0 Å². The maximum absolute atomic E-state index is 12.5. The smallest absolute Gasteiger partial charge is 0.326 e. The van der Waals surface area contributed by atoms with Crippen LogP contribution in [0.4, 0.5) is 0 Å². The minimum Gasteiger partial charge on any atom is -0.480 e. The molecule has 0 bridgehead atoms. The quantitative estimate of drug-likeness (QED) is 0.813. The van der Waals surface area contributed by atoms with E-state index in [4.69, 9.17) is 0 Å². The molecule has 0 aromatic rings. The number of hydrogen-bond acceptors (Lipinski definition) is 4. The molecule has 5 nitrogen and oxygen atoms in total.